The Morgan fingerprint density at radius 3 is 2.32 bits per heavy atom. The molecule has 126 valence electrons. The molecule has 0 N–H and O–H groups in total. The van der Waals surface area contributed by atoms with Crippen molar-refractivity contribution in [3.8, 4) is 11.8 Å². The van der Waals surface area contributed by atoms with Crippen LogP contribution in [0.2, 0.25) is 0 Å². The molecule has 1 aromatic heterocycles. The molecule has 0 spiro atoms. The number of rotatable bonds is 1. The Morgan fingerprint density at radius 1 is 1.04 bits per heavy atom. The summed E-state index contributed by atoms with van der Waals surface area (Å²) in [5.74, 6) is 6.18. The molecular weight excluding hydrogens is 317 g/mol. The molecular formula is C20H18FN3O. The molecule has 2 heterocycles. The number of anilines is 1. The van der Waals surface area contributed by atoms with Crippen LogP contribution in [0.1, 0.15) is 25.0 Å². The van der Waals surface area contributed by atoms with Crippen LogP contribution in [0, 0.1) is 17.7 Å². The Hall–Kier alpha value is -3.13. The number of carbonyl (C=O) groups excluding carboxylic acids is 1. The normalized spacial score (nSPS) is 15.8. The minimum Gasteiger partial charge on any atom is -0.318 e. The largest absolute Gasteiger partial charge is 0.330 e. The highest BCUT2D eigenvalue weighted by Crippen LogP contribution is 2.25. The molecule has 1 aliphatic rings. The molecule has 1 aromatic carbocycles. The lowest BCUT2D eigenvalue weighted by Gasteiger charge is -2.39. The second-order valence-corrected chi connectivity index (χ2v) is 6.34. The molecule has 0 saturated heterocycles. The first-order valence-corrected chi connectivity index (χ1v) is 7.87. The summed E-state index contributed by atoms with van der Waals surface area (Å²) in [6, 6.07) is 9.42. The van der Waals surface area contributed by atoms with E-state index in [9.17, 15) is 9.18 Å². The number of benzene rings is 1. The molecule has 0 radical (unpaired) electrons. The Bertz CT molecular complexity index is 874. The van der Waals surface area contributed by atoms with Crippen molar-refractivity contribution in [1.82, 2.24) is 9.88 Å². The fourth-order valence-corrected chi connectivity index (χ4v) is 2.30. The van der Waals surface area contributed by atoms with Crippen molar-refractivity contribution in [2.75, 3.05) is 11.9 Å². The lowest BCUT2D eigenvalue weighted by atomic mass is 10.0. The molecule has 5 heteroatoms. The first-order chi connectivity index (χ1) is 11.9. The SMILES string of the molecule is CN1C(=O)N(c2ccc(C#Cc3ccc(F)cc3)cn2)C=CC1(C)C. The molecule has 0 bridgehead atoms. The number of hydrogen-bond acceptors (Lipinski definition) is 2. The van der Waals surface area contributed by atoms with Crippen molar-refractivity contribution in [2.24, 2.45) is 0 Å². The highest BCUT2D eigenvalue weighted by Gasteiger charge is 2.33. The number of pyridine rings is 1. The van der Waals surface area contributed by atoms with Crippen LogP contribution in [0.5, 0.6) is 0 Å². The molecule has 2 amide bonds. The van der Waals surface area contributed by atoms with E-state index in [2.05, 4.69) is 16.8 Å². The van der Waals surface area contributed by atoms with Crippen LogP contribution in [-0.2, 0) is 0 Å². The average molecular weight is 335 g/mol. The summed E-state index contributed by atoms with van der Waals surface area (Å²) in [7, 11) is 1.77. The zero-order chi connectivity index (χ0) is 18.0. The van der Waals surface area contributed by atoms with Crippen LogP contribution in [0.15, 0.2) is 54.9 Å². The van der Waals surface area contributed by atoms with Gasteiger partial charge in [-0.25, -0.2) is 14.2 Å². The topological polar surface area (TPSA) is 36.4 Å². The number of aromatic nitrogens is 1. The lowest BCUT2D eigenvalue weighted by Crippen LogP contribution is -2.52. The summed E-state index contributed by atoms with van der Waals surface area (Å²) in [4.78, 5) is 20.0. The van der Waals surface area contributed by atoms with E-state index < -0.39 is 0 Å². The Morgan fingerprint density at radius 2 is 1.68 bits per heavy atom. The maximum Gasteiger partial charge on any atom is 0.330 e. The molecule has 3 rings (SSSR count). The van der Waals surface area contributed by atoms with Gasteiger partial charge in [-0.05, 0) is 56.3 Å². The van der Waals surface area contributed by atoms with Gasteiger partial charge < -0.3 is 4.90 Å². The highest BCUT2D eigenvalue weighted by atomic mass is 19.1. The van der Waals surface area contributed by atoms with Gasteiger partial charge in [-0.15, -0.1) is 0 Å². The third-order valence-corrected chi connectivity index (χ3v) is 4.18. The summed E-state index contributed by atoms with van der Waals surface area (Å²) >= 11 is 0. The fraction of sp³-hybridized carbons (Fsp3) is 0.200. The van der Waals surface area contributed by atoms with Crippen LogP contribution in [0.4, 0.5) is 15.0 Å². The van der Waals surface area contributed by atoms with Crippen LogP contribution >= 0.6 is 0 Å². The predicted molar refractivity (Wildman–Crippen MR) is 95.5 cm³/mol. The van der Waals surface area contributed by atoms with Crippen LogP contribution in [-0.4, -0.2) is 28.5 Å². The van der Waals surface area contributed by atoms with Gasteiger partial charge in [0.1, 0.15) is 11.6 Å². The van der Waals surface area contributed by atoms with Crippen LogP contribution < -0.4 is 4.90 Å². The van der Waals surface area contributed by atoms with Crippen LogP contribution in [0.25, 0.3) is 0 Å². The lowest BCUT2D eigenvalue weighted by molar-refractivity contribution is 0.181. The van der Waals surface area contributed by atoms with Gasteiger partial charge in [0.05, 0.1) is 5.54 Å². The molecule has 0 saturated carbocycles. The van der Waals surface area contributed by atoms with Gasteiger partial charge >= 0.3 is 6.03 Å². The smallest absolute Gasteiger partial charge is 0.318 e. The second kappa shape index (κ2) is 6.40. The number of carbonyl (C=O) groups is 1. The Labute approximate surface area is 146 Å². The maximum absolute atomic E-state index is 12.9. The van der Waals surface area contributed by atoms with Gasteiger partial charge in [0.2, 0.25) is 0 Å². The Balaban J connectivity index is 1.79. The molecule has 0 atom stereocenters. The number of hydrogen-bond donors (Lipinski definition) is 0. The maximum atomic E-state index is 12.9. The fourth-order valence-electron chi connectivity index (χ4n) is 2.30. The van der Waals surface area contributed by atoms with Crippen molar-refractivity contribution in [1.29, 1.82) is 0 Å². The van der Waals surface area contributed by atoms with Crippen molar-refractivity contribution in [3.63, 3.8) is 0 Å². The Kier molecular flexibility index (Phi) is 4.28. The standard InChI is InChI=1S/C20H18FN3O/c1-20(2)12-13-24(19(25)23(20)3)18-11-8-16(14-22-18)5-4-15-6-9-17(21)10-7-15/h6-14H,1-3H3. The van der Waals surface area contributed by atoms with Crippen molar-refractivity contribution >= 4 is 11.8 Å². The zero-order valence-electron chi connectivity index (χ0n) is 14.3. The first kappa shape index (κ1) is 16.7. The van der Waals surface area contributed by atoms with E-state index in [0.717, 1.165) is 11.1 Å². The van der Waals surface area contributed by atoms with Gasteiger partial charge in [-0.2, -0.15) is 0 Å². The molecule has 0 aliphatic carbocycles. The third-order valence-electron chi connectivity index (χ3n) is 4.18. The minimum absolute atomic E-state index is 0.134. The van der Waals surface area contributed by atoms with Crippen molar-refractivity contribution in [2.45, 2.75) is 19.4 Å². The van der Waals surface area contributed by atoms with Gasteiger partial charge in [-0.1, -0.05) is 11.8 Å². The van der Waals surface area contributed by atoms with Gasteiger partial charge in [0, 0.05) is 30.6 Å². The summed E-state index contributed by atoms with van der Waals surface area (Å²) in [5.41, 5.74) is 1.12. The number of nitrogens with zero attached hydrogens (tertiary/aromatic N) is 3. The second-order valence-electron chi connectivity index (χ2n) is 6.34. The van der Waals surface area contributed by atoms with Crippen molar-refractivity contribution < 1.29 is 9.18 Å². The summed E-state index contributed by atoms with van der Waals surface area (Å²) in [6.45, 7) is 3.95. The van der Waals surface area contributed by atoms with E-state index in [1.807, 2.05) is 19.9 Å². The quantitative estimate of drug-likeness (QED) is 0.744. The first-order valence-electron chi connectivity index (χ1n) is 7.87. The number of urea groups is 1. The summed E-state index contributed by atoms with van der Waals surface area (Å²) < 4.78 is 12.9. The van der Waals surface area contributed by atoms with Crippen LogP contribution in [0.3, 0.4) is 0 Å². The van der Waals surface area contributed by atoms with E-state index in [0.29, 0.717) is 5.82 Å². The number of halogens is 1. The minimum atomic E-state index is -0.325. The van der Waals surface area contributed by atoms with E-state index in [-0.39, 0.29) is 17.4 Å². The molecule has 1 aliphatic heterocycles. The van der Waals surface area contributed by atoms with Crippen molar-refractivity contribution in [3.05, 3.63) is 71.8 Å². The molecule has 0 unspecified atom stereocenters. The predicted octanol–water partition coefficient (Wildman–Crippen LogP) is 3.78. The van der Waals surface area contributed by atoms with Gasteiger partial charge in [0.25, 0.3) is 0 Å². The van der Waals surface area contributed by atoms with E-state index in [4.69, 9.17) is 0 Å². The monoisotopic (exact) mass is 335 g/mol. The third kappa shape index (κ3) is 3.53. The number of amides is 2. The molecule has 0 fully saturated rings. The van der Waals surface area contributed by atoms with Gasteiger partial charge in [-0.3, -0.25) is 4.90 Å². The average Bonchev–Trinajstić information content (AvgIpc) is 2.60. The molecule has 2 aromatic rings. The molecule has 25 heavy (non-hydrogen) atoms. The van der Waals surface area contributed by atoms with E-state index >= 15 is 0 Å². The van der Waals surface area contributed by atoms with E-state index in [1.165, 1.54) is 17.0 Å². The summed E-state index contributed by atoms with van der Waals surface area (Å²) in [5, 5.41) is 0. The number of likely N-dealkylation sites (N-methyl/N-ethyl adjacent to an activating group) is 1. The summed E-state index contributed by atoms with van der Waals surface area (Å²) in [6.07, 6.45) is 5.32. The highest BCUT2D eigenvalue weighted by molar-refractivity contribution is 5.94. The molecule has 4 nitrogen and oxygen atoms in total. The zero-order valence-corrected chi connectivity index (χ0v) is 14.3. The van der Waals surface area contributed by atoms with Gasteiger partial charge in [0.15, 0.2) is 0 Å². The van der Waals surface area contributed by atoms with E-state index in [1.54, 1.807) is 48.6 Å².